The lowest BCUT2D eigenvalue weighted by atomic mass is 10.1. The van der Waals surface area contributed by atoms with E-state index in [1.165, 1.54) is 0 Å². The van der Waals surface area contributed by atoms with Crippen LogP contribution < -0.4 is 15.2 Å². The number of aryl methyl sites for hydroxylation is 1. The van der Waals surface area contributed by atoms with Crippen molar-refractivity contribution in [3.63, 3.8) is 0 Å². The smallest absolute Gasteiger partial charge is 0.359 e. The van der Waals surface area contributed by atoms with E-state index in [9.17, 15) is 26.3 Å². The van der Waals surface area contributed by atoms with E-state index in [2.05, 4.69) is 15.7 Å². The summed E-state index contributed by atoms with van der Waals surface area (Å²) in [6, 6.07) is 10.8. The van der Waals surface area contributed by atoms with Crippen molar-refractivity contribution in [1.82, 2.24) is 15.1 Å². The average Bonchev–Trinajstić information content (AvgIpc) is 3.32. The van der Waals surface area contributed by atoms with Crippen molar-refractivity contribution in [2.24, 2.45) is 0 Å². The minimum Gasteiger partial charge on any atom is -0.359 e. The Hall–Kier alpha value is -3.15. The van der Waals surface area contributed by atoms with Crippen LogP contribution in [0.15, 0.2) is 54.9 Å². The topological polar surface area (TPSA) is 45.8 Å². The molecular weight excluding hydrogens is 468 g/mol. The highest BCUT2D eigenvalue weighted by molar-refractivity contribution is 7.80. The molecule has 33 heavy (non-hydrogen) atoms. The van der Waals surface area contributed by atoms with E-state index >= 15 is 0 Å². The molecule has 2 aromatic carbocycles. The summed E-state index contributed by atoms with van der Waals surface area (Å²) >= 11 is 5.11. The molecule has 1 aromatic heterocycles. The number of nitrogens with zero attached hydrogens (tertiary/aromatic N) is 3. The Morgan fingerprint density at radius 3 is 2.27 bits per heavy atom. The average molecular weight is 486 g/mol. The van der Waals surface area contributed by atoms with Crippen LogP contribution in [-0.2, 0) is 18.8 Å². The fourth-order valence-electron chi connectivity index (χ4n) is 3.62. The Morgan fingerprint density at radius 1 is 1.03 bits per heavy atom. The van der Waals surface area contributed by atoms with Gasteiger partial charge in [-0.1, -0.05) is 22.9 Å². The number of nitrogens with one attached hydrogen (secondary N) is 2. The van der Waals surface area contributed by atoms with Crippen LogP contribution in [0.5, 0.6) is 0 Å². The van der Waals surface area contributed by atoms with Gasteiger partial charge in [0.15, 0.2) is 5.11 Å². The highest BCUT2D eigenvalue weighted by atomic mass is 32.1. The van der Waals surface area contributed by atoms with E-state index in [1.807, 2.05) is 41.2 Å². The van der Waals surface area contributed by atoms with Gasteiger partial charge in [-0.2, -0.15) is 26.3 Å². The molecule has 1 aliphatic heterocycles. The van der Waals surface area contributed by atoms with Gasteiger partial charge in [0.1, 0.15) is 5.69 Å². The van der Waals surface area contributed by atoms with E-state index in [4.69, 9.17) is 12.2 Å². The zero-order chi connectivity index (χ0) is 23.8. The Kier molecular flexibility index (Phi) is 6.04. The first-order valence-electron chi connectivity index (χ1n) is 9.90. The van der Waals surface area contributed by atoms with Gasteiger partial charge < -0.3 is 10.6 Å². The van der Waals surface area contributed by atoms with E-state index < -0.39 is 29.2 Å². The van der Waals surface area contributed by atoms with Crippen LogP contribution in [0.2, 0.25) is 0 Å². The number of rotatable bonds is 4. The molecule has 5 nitrogen and oxygen atoms in total. The molecule has 174 valence electrons. The SMILES string of the molecule is FC(F)(F)c1cc(NC(=S)NC[C@@H]2CCc3nn(-c4ccccc4)c[n+]32)cc(C(F)(F)F)c1. The minimum atomic E-state index is -4.93. The summed E-state index contributed by atoms with van der Waals surface area (Å²) in [6.07, 6.45) is -6.50. The number of halogens is 6. The number of hydrogen-bond acceptors (Lipinski definition) is 2. The van der Waals surface area contributed by atoms with Crippen molar-refractivity contribution in [1.29, 1.82) is 0 Å². The molecule has 0 radical (unpaired) electrons. The van der Waals surface area contributed by atoms with Crippen molar-refractivity contribution in [3.8, 4) is 5.69 Å². The molecule has 0 aliphatic carbocycles. The third kappa shape index (κ3) is 5.27. The van der Waals surface area contributed by atoms with Gasteiger partial charge in [0.25, 0.3) is 5.82 Å². The second-order valence-electron chi connectivity index (χ2n) is 7.54. The summed E-state index contributed by atoms with van der Waals surface area (Å²) in [5.41, 5.74) is -2.32. The van der Waals surface area contributed by atoms with Gasteiger partial charge >= 0.3 is 12.4 Å². The molecule has 1 aliphatic rings. The van der Waals surface area contributed by atoms with Gasteiger partial charge in [-0.25, -0.2) is 4.57 Å². The molecule has 2 N–H and O–H groups in total. The number of benzene rings is 2. The summed E-state index contributed by atoms with van der Waals surface area (Å²) in [4.78, 5) is 0. The van der Waals surface area contributed by atoms with E-state index in [-0.39, 0.29) is 17.2 Å². The van der Waals surface area contributed by atoms with E-state index in [1.54, 1.807) is 4.68 Å². The highest BCUT2D eigenvalue weighted by Crippen LogP contribution is 2.37. The van der Waals surface area contributed by atoms with Gasteiger partial charge in [-0.3, -0.25) is 0 Å². The summed E-state index contributed by atoms with van der Waals surface area (Å²) in [6.45, 7) is 0.328. The Balaban J connectivity index is 1.43. The Labute approximate surface area is 190 Å². The number of thiocarbonyl (C=S) groups is 1. The molecule has 4 rings (SSSR count). The maximum Gasteiger partial charge on any atom is 0.416 e. The number of aromatic nitrogens is 3. The van der Waals surface area contributed by atoms with Crippen LogP contribution in [0.4, 0.5) is 32.0 Å². The molecular formula is C21H18F6N5S+. The van der Waals surface area contributed by atoms with Crippen LogP contribution in [0.25, 0.3) is 5.69 Å². The predicted molar refractivity (Wildman–Crippen MR) is 112 cm³/mol. The number of hydrogen-bond donors (Lipinski definition) is 2. The molecule has 0 amide bonds. The lowest BCUT2D eigenvalue weighted by molar-refractivity contribution is -0.714. The van der Waals surface area contributed by atoms with E-state index in [0.29, 0.717) is 18.7 Å². The zero-order valence-corrected chi connectivity index (χ0v) is 17.7. The van der Waals surface area contributed by atoms with Crippen LogP contribution in [0, 0.1) is 0 Å². The first-order chi connectivity index (χ1) is 15.5. The quantitative estimate of drug-likeness (QED) is 0.320. The summed E-state index contributed by atoms with van der Waals surface area (Å²) in [5, 5.41) is 9.80. The standard InChI is InChI=1S/C21H17F6N5S/c22-20(23,24)13-8-14(21(25,26)27)10-15(9-13)29-19(33)28-11-17-6-7-18-30-32(12-31(17)18)16-4-2-1-3-5-16/h1-5,8-10,12,17H,6-7,11H2,(H-,28,29,33)/p+1/t17-/m0/s1. The number of alkyl halides is 6. The normalized spacial score (nSPS) is 15.9. The summed E-state index contributed by atoms with van der Waals surface area (Å²) < 4.78 is 82.0. The maximum atomic E-state index is 13.0. The maximum absolute atomic E-state index is 13.0. The van der Waals surface area contributed by atoms with Crippen LogP contribution in [-0.4, -0.2) is 21.4 Å². The first kappa shape index (κ1) is 23.0. The van der Waals surface area contributed by atoms with Crippen molar-refractivity contribution in [3.05, 3.63) is 71.8 Å². The second-order valence-corrected chi connectivity index (χ2v) is 7.95. The molecule has 1 atom stereocenters. The Morgan fingerprint density at radius 2 is 1.67 bits per heavy atom. The van der Waals surface area contributed by atoms with E-state index in [0.717, 1.165) is 24.4 Å². The largest absolute Gasteiger partial charge is 0.416 e. The molecule has 0 spiro atoms. The van der Waals surface area contributed by atoms with Gasteiger partial charge in [0.2, 0.25) is 6.33 Å². The van der Waals surface area contributed by atoms with Crippen molar-refractivity contribution >= 4 is 23.0 Å². The minimum absolute atomic E-state index is 0.0237. The van der Waals surface area contributed by atoms with Crippen LogP contribution >= 0.6 is 12.2 Å². The van der Waals surface area contributed by atoms with Crippen molar-refractivity contribution in [2.75, 3.05) is 11.9 Å². The van der Waals surface area contributed by atoms with Crippen LogP contribution in [0.3, 0.4) is 0 Å². The zero-order valence-electron chi connectivity index (χ0n) is 16.9. The molecule has 0 saturated heterocycles. The molecule has 2 heterocycles. The molecule has 0 fully saturated rings. The fourth-order valence-corrected chi connectivity index (χ4v) is 3.82. The van der Waals surface area contributed by atoms with Crippen molar-refractivity contribution in [2.45, 2.75) is 31.2 Å². The lowest BCUT2D eigenvalue weighted by Crippen LogP contribution is -2.44. The summed E-state index contributed by atoms with van der Waals surface area (Å²) in [5.74, 6) is 0.872. The van der Waals surface area contributed by atoms with Gasteiger partial charge in [0.05, 0.1) is 23.7 Å². The van der Waals surface area contributed by atoms with Gasteiger partial charge in [-0.05, 0) is 49.0 Å². The summed E-state index contributed by atoms with van der Waals surface area (Å²) in [7, 11) is 0. The molecule has 3 aromatic rings. The third-order valence-corrected chi connectivity index (χ3v) is 5.46. The Bertz CT molecular complexity index is 1120. The number of para-hydroxylation sites is 1. The van der Waals surface area contributed by atoms with Gasteiger partial charge in [0, 0.05) is 17.2 Å². The second kappa shape index (κ2) is 8.65. The first-order valence-corrected chi connectivity index (χ1v) is 10.3. The molecule has 12 heteroatoms. The predicted octanol–water partition coefficient (Wildman–Crippen LogP) is 4.67. The fraction of sp³-hybridized carbons (Fsp3) is 0.286. The lowest BCUT2D eigenvalue weighted by Gasteiger charge is -2.17. The monoisotopic (exact) mass is 486 g/mol. The number of fused-ring (bicyclic) bond motifs is 1. The molecule has 0 unspecified atom stereocenters. The van der Waals surface area contributed by atoms with Crippen LogP contribution in [0.1, 0.15) is 29.4 Å². The third-order valence-electron chi connectivity index (χ3n) is 5.21. The number of anilines is 1. The molecule has 0 bridgehead atoms. The molecule has 0 saturated carbocycles. The van der Waals surface area contributed by atoms with Gasteiger partial charge in [-0.15, -0.1) is 0 Å². The highest BCUT2D eigenvalue weighted by Gasteiger charge is 2.37. The van der Waals surface area contributed by atoms with Crippen molar-refractivity contribution < 1.29 is 30.9 Å².